The van der Waals surface area contributed by atoms with Gasteiger partial charge >= 0.3 is 5.97 Å². The van der Waals surface area contributed by atoms with Gasteiger partial charge in [-0.2, -0.15) is 0 Å². The lowest BCUT2D eigenvalue weighted by Gasteiger charge is -2.17. The van der Waals surface area contributed by atoms with Crippen molar-refractivity contribution >= 4 is 45.5 Å². The quantitative estimate of drug-likeness (QED) is 0.479. The van der Waals surface area contributed by atoms with Crippen molar-refractivity contribution in [1.29, 1.82) is 0 Å². The third kappa shape index (κ3) is 5.58. The number of anilines is 1. The highest BCUT2D eigenvalue weighted by molar-refractivity contribution is 7.80. The molecule has 0 aliphatic rings. The Morgan fingerprint density at radius 2 is 1.87 bits per heavy atom. The van der Waals surface area contributed by atoms with E-state index in [4.69, 9.17) is 17.0 Å². The van der Waals surface area contributed by atoms with E-state index in [1.54, 1.807) is 21.0 Å². The molecule has 1 atom stereocenters. The van der Waals surface area contributed by atoms with Gasteiger partial charge in [-0.05, 0) is 49.2 Å². The number of thiocarbonyl (C=S) groups is 1. The number of hydrogen-bond donors (Lipinski definition) is 2. The third-order valence-electron chi connectivity index (χ3n) is 4.73. The van der Waals surface area contributed by atoms with Gasteiger partial charge in [0.2, 0.25) is 0 Å². The number of carbonyl (C=O) groups excluding carboxylic acids is 2. The number of carbonyl (C=O) groups is 2. The molecule has 0 fully saturated rings. The van der Waals surface area contributed by atoms with Crippen LogP contribution in [0.5, 0.6) is 0 Å². The van der Waals surface area contributed by atoms with Gasteiger partial charge in [0.25, 0.3) is 5.91 Å². The second-order valence-corrected chi connectivity index (χ2v) is 8.69. The molecule has 1 heterocycles. The molecule has 2 N–H and O–H groups in total. The van der Waals surface area contributed by atoms with Crippen molar-refractivity contribution in [2.75, 3.05) is 26.5 Å². The number of benzene rings is 1. The predicted octanol–water partition coefficient (Wildman–Crippen LogP) is 4.55. The standard InChI is InChI=1S/C22H29N3O3S2/c1-7-8-15-9-11-16(12-10-15)14(3)23-22(29)24-19-17(21(27)28-6)13(2)18(30-19)20(26)25(4)5/h9-12,14H,7-8H2,1-6H3,(H2,23,24,29). The molecule has 1 aromatic carbocycles. The fraction of sp³-hybridized carbons (Fsp3) is 0.409. The van der Waals surface area contributed by atoms with Crippen LogP contribution in [0.1, 0.15) is 63.0 Å². The van der Waals surface area contributed by atoms with Crippen LogP contribution in [0.25, 0.3) is 0 Å². The van der Waals surface area contributed by atoms with E-state index in [1.807, 2.05) is 6.92 Å². The molecule has 0 bridgehead atoms. The normalized spacial score (nSPS) is 11.5. The second kappa shape index (κ2) is 10.5. The molecule has 0 spiro atoms. The van der Waals surface area contributed by atoms with E-state index in [0.29, 0.717) is 26.1 Å². The summed E-state index contributed by atoms with van der Waals surface area (Å²) in [5.41, 5.74) is 3.32. The van der Waals surface area contributed by atoms with Crippen molar-refractivity contribution in [1.82, 2.24) is 10.2 Å². The molecule has 1 amide bonds. The first kappa shape index (κ1) is 23.8. The Morgan fingerprint density at radius 1 is 1.23 bits per heavy atom. The maximum Gasteiger partial charge on any atom is 0.341 e. The van der Waals surface area contributed by atoms with Crippen molar-refractivity contribution in [3.8, 4) is 0 Å². The van der Waals surface area contributed by atoms with Crippen LogP contribution in [-0.2, 0) is 11.2 Å². The van der Waals surface area contributed by atoms with Gasteiger partial charge < -0.3 is 20.3 Å². The Labute approximate surface area is 187 Å². The van der Waals surface area contributed by atoms with Crippen molar-refractivity contribution < 1.29 is 14.3 Å². The van der Waals surface area contributed by atoms with E-state index in [-0.39, 0.29) is 11.9 Å². The van der Waals surface area contributed by atoms with Gasteiger partial charge in [-0.3, -0.25) is 4.79 Å². The molecular weight excluding hydrogens is 418 g/mol. The number of nitrogens with zero attached hydrogens (tertiary/aromatic N) is 1. The van der Waals surface area contributed by atoms with Crippen LogP contribution in [0.2, 0.25) is 0 Å². The minimum absolute atomic E-state index is 0.0220. The van der Waals surface area contributed by atoms with Crippen LogP contribution in [-0.4, -0.2) is 43.1 Å². The van der Waals surface area contributed by atoms with Gasteiger partial charge in [-0.1, -0.05) is 37.6 Å². The molecular formula is C22H29N3O3S2. The van der Waals surface area contributed by atoms with Gasteiger partial charge in [0.1, 0.15) is 5.00 Å². The molecule has 0 radical (unpaired) electrons. The van der Waals surface area contributed by atoms with Crippen molar-refractivity contribution in [2.24, 2.45) is 0 Å². The average Bonchev–Trinajstić information content (AvgIpc) is 3.02. The largest absolute Gasteiger partial charge is 0.465 e. The van der Waals surface area contributed by atoms with E-state index >= 15 is 0 Å². The number of nitrogens with one attached hydrogen (secondary N) is 2. The number of esters is 1. The summed E-state index contributed by atoms with van der Waals surface area (Å²) in [6, 6.07) is 8.42. The summed E-state index contributed by atoms with van der Waals surface area (Å²) in [4.78, 5) is 26.8. The Balaban J connectivity index is 2.19. The maximum absolute atomic E-state index is 12.5. The number of ether oxygens (including phenoxy) is 1. The summed E-state index contributed by atoms with van der Waals surface area (Å²) < 4.78 is 4.91. The molecule has 2 aromatic rings. The van der Waals surface area contributed by atoms with Crippen LogP contribution >= 0.6 is 23.6 Å². The van der Waals surface area contributed by atoms with Gasteiger partial charge in [-0.25, -0.2) is 4.79 Å². The number of thiophene rings is 1. The topological polar surface area (TPSA) is 70.7 Å². The summed E-state index contributed by atoms with van der Waals surface area (Å²) in [5, 5.41) is 7.18. The predicted molar refractivity (Wildman–Crippen MR) is 127 cm³/mol. The van der Waals surface area contributed by atoms with Crippen LogP contribution in [0, 0.1) is 6.92 Å². The van der Waals surface area contributed by atoms with Crippen LogP contribution in [0.4, 0.5) is 5.00 Å². The summed E-state index contributed by atoms with van der Waals surface area (Å²) in [6.07, 6.45) is 2.17. The zero-order chi connectivity index (χ0) is 22.4. The number of methoxy groups -OCH3 is 1. The first-order chi connectivity index (χ1) is 14.2. The van der Waals surface area contributed by atoms with Gasteiger partial charge in [0, 0.05) is 14.1 Å². The first-order valence-corrected chi connectivity index (χ1v) is 11.0. The zero-order valence-corrected chi connectivity index (χ0v) is 19.9. The lowest BCUT2D eigenvalue weighted by atomic mass is 10.0. The highest BCUT2D eigenvalue weighted by Gasteiger charge is 2.26. The first-order valence-electron chi connectivity index (χ1n) is 9.79. The molecule has 1 aromatic heterocycles. The number of amides is 1. The Morgan fingerprint density at radius 3 is 2.40 bits per heavy atom. The molecule has 0 saturated carbocycles. The lowest BCUT2D eigenvalue weighted by Crippen LogP contribution is -2.31. The van der Waals surface area contributed by atoms with E-state index in [1.165, 1.54) is 28.9 Å². The average molecular weight is 448 g/mol. The Bertz CT molecular complexity index is 920. The van der Waals surface area contributed by atoms with Crippen molar-refractivity contribution in [2.45, 2.75) is 39.7 Å². The number of rotatable bonds is 7. The summed E-state index contributed by atoms with van der Waals surface area (Å²) in [5.74, 6) is -0.679. The molecule has 30 heavy (non-hydrogen) atoms. The molecule has 162 valence electrons. The monoisotopic (exact) mass is 447 g/mol. The molecule has 0 aliphatic carbocycles. The highest BCUT2D eigenvalue weighted by Crippen LogP contribution is 2.34. The van der Waals surface area contributed by atoms with E-state index in [9.17, 15) is 9.59 Å². The van der Waals surface area contributed by atoms with Crippen molar-refractivity contribution in [3.05, 3.63) is 51.4 Å². The smallest absolute Gasteiger partial charge is 0.341 e. The molecule has 0 aliphatic heterocycles. The Hall–Kier alpha value is -2.45. The van der Waals surface area contributed by atoms with E-state index < -0.39 is 5.97 Å². The molecule has 8 heteroatoms. The van der Waals surface area contributed by atoms with Gasteiger partial charge in [0.05, 0.1) is 23.6 Å². The summed E-state index contributed by atoms with van der Waals surface area (Å²) in [6.45, 7) is 5.92. The minimum Gasteiger partial charge on any atom is -0.465 e. The Kier molecular flexibility index (Phi) is 8.37. The zero-order valence-electron chi connectivity index (χ0n) is 18.3. The summed E-state index contributed by atoms with van der Waals surface area (Å²) >= 11 is 6.66. The molecule has 2 rings (SSSR count). The van der Waals surface area contributed by atoms with Gasteiger partial charge in [0.15, 0.2) is 5.11 Å². The van der Waals surface area contributed by atoms with Crippen LogP contribution in [0.3, 0.4) is 0 Å². The van der Waals surface area contributed by atoms with Gasteiger partial charge in [-0.15, -0.1) is 11.3 Å². The third-order valence-corrected chi connectivity index (χ3v) is 6.14. The van der Waals surface area contributed by atoms with Crippen molar-refractivity contribution in [3.63, 3.8) is 0 Å². The highest BCUT2D eigenvalue weighted by atomic mass is 32.1. The minimum atomic E-state index is -0.508. The molecule has 1 unspecified atom stereocenters. The fourth-order valence-corrected chi connectivity index (χ4v) is 4.60. The second-order valence-electron chi connectivity index (χ2n) is 7.26. The fourth-order valence-electron chi connectivity index (χ4n) is 3.04. The number of aryl methyl sites for hydroxylation is 1. The lowest BCUT2D eigenvalue weighted by molar-refractivity contribution is 0.0601. The van der Waals surface area contributed by atoms with Crippen LogP contribution < -0.4 is 10.6 Å². The van der Waals surface area contributed by atoms with E-state index in [2.05, 4.69) is 41.8 Å². The van der Waals surface area contributed by atoms with E-state index in [0.717, 1.165) is 18.4 Å². The number of hydrogen-bond acceptors (Lipinski definition) is 5. The SMILES string of the molecule is CCCc1ccc(C(C)NC(=S)Nc2sc(C(=O)N(C)C)c(C)c2C(=O)OC)cc1. The maximum atomic E-state index is 12.5. The van der Waals surface area contributed by atoms with Crippen LogP contribution in [0.15, 0.2) is 24.3 Å². The molecule has 6 nitrogen and oxygen atoms in total. The molecule has 0 saturated heterocycles. The summed E-state index contributed by atoms with van der Waals surface area (Å²) in [7, 11) is 4.66.